The van der Waals surface area contributed by atoms with Crippen molar-refractivity contribution >= 4 is 27.0 Å². The molecule has 0 radical (unpaired) electrons. The maximum absolute atomic E-state index is 13.3. The number of fused-ring (bicyclic) bond motifs is 3. The predicted octanol–water partition coefficient (Wildman–Crippen LogP) is 5.53. The molecule has 1 aromatic carbocycles. The molecule has 0 bridgehead atoms. The van der Waals surface area contributed by atoms with E-state index in [0.717, 1.165) is 43.4 Å². The van der Waals surface area contributed by atoms with Crippen molar-refractivity contribution in [3.05, 3.63) is 58.3 Å². The van der Waals surface area contributed by atoms with Gasteiger partial charge in [0.2, 0.25) is 10.0 Å². The number of benzene rings is 1. The molecule has 29 heavy (non-hydrogen) atoms. The first kappa shape index (κ1) is 19.3. The van der Waals surface area contributed by atoms with Crippen LogP contribution in [0.4, 0.5) is 5.69 Å². The first-order valence-electron chi connectivity index (χ1n) is 10.6. The van der Waals surface area contributed by atoms with E-state index in [1.165, 1.54) is 11.3 Å². The molecular formula is C23H28N2O2S2. The smallest absolute Gasteiger partial charge is 0.243 e. The van der Waals surface area contributed by atoms with Crippen molar-refractivity contribution in [2.24, 2.45) is 5.92 Å². The molecule has 3 unspecified atom stereocenters. The van der Waals surface area contributed by atoms with Gasteiger partial charge in [-0.2, -0.15) is 4.31 Å². The molecule has 4 nitrogen and oxygen atoms in total. The monoisotopic (exact) mass is 428 g/mol. The standard InChI is InChI=1S/C23H28N2O2S2/c1-25(16-7-3-2-4-8-16)29(26,27)17-12-13-21-20(15-17)18-9-5-10-19(18)23(24-21)22-11-6-14-28-22/h5-6,9,11-16,18-19,23-24H,2-4,7-8,10H2,1H3. The van der Waals surface area contributed by atoms with E-state index in [1.807, 2.05) is 12.1 Å². The maximum Gasteiger partial charge on any atom is 0.243 e. The van der Waals surface area contributed by atoms with Crippen LogP contribution in [-0.2, 0) is 10.0 Å². The van der Waals surface area contributed by atoms with Gasteiger partial charge in [-0.15, -0.1) is 11.3 Å². The number of anilines is 1. The average Bonchev–Trinajstić information content (AvgIpc) is 3.45. The van der Waals surface area contributed by atoms with Crippen molar-refractivity contribution < 1.29 is 8.42 Å². The normalized spacial score (nSPS) is 26.9. The van der Waals surface area contributed by atoms with Gasteiger partial charge in [0.25, 0.3) is 0 Å². The molecule has 0 amide bonds. The summed E-state index contributed by atoms with van der Waals surface area (Å²) in [5, 5.41) is 5.83. The van der Waals surface area contributed by atoms with Gasteiger partial charge in [-0.3, -0.25) is 0 Å². The van der Waals surface area contributed by atoms with Crippen LogP contribution in [0.25, 0.3) is 0 Å². The molecule has 1 fully saturated rings. The van der Waals surface area contributed by atoms with Crippen LogP contribution in [0.1, 0.15) is 60.9 Å². The Labute approximate surface area is 177 Å². The van der Waals surface area contributed by atoms with Crippen LogP contribution in [0.5, 0.6) is 0 Å². The lowest BCUT2D eigenvalue weighted by atomic mass is 9.79. The fourth-order valence-corrected chi connectivity index (χ4v) is 7.59. The van der Waals surface area contributed by atoms with Crippen LogP contribution in [0.15, 0.2) is 52.8 Å². The van der Waals surface area contributed by atoms with Crippen molar-refractivity contribution in [2.45, 2.75) is 61.4 Å². The second-order valence-electron chi connectivity index (χ2n) is 8.55. The van der Waals surface area contributed by atoms with Gasteiger partial charge in [0.1, 0.15) is 0 Å². The van der Waals surface area contributed by atoms with Crippen molar-refractivity contribution in [1.29, 1.82) is 0 Å². The molecule has 3 aliphatic rings. The first-order chi connectivity index (χ1) is 14.1. The lowest BCUT2D eigenvalue weighted by Gasteiger charge is -2.37. The Morgan fingerprint density at radius 1 is 1.14 bits per heavy atom. The lowest BCUT2D eigenvalue weighted by Crippen LogP contribution is -2.38. The molecule has 3 atom stereocenters. The van der Waals surface area contributed by atoms with Gasteiger partial charge >= 0.3 is 0 Å². The number of hydrogen-bond acceptors (Lipinski definition) is 4. The summed E-state index contributed by atoms with van der Waals surface area (Å²) in [5.74, 6) is 0.712. The number of nitrogens with one attached hydrogen (secondary N) is 1. The number of sulfonamides is 1. The van der Waals surface area contributed by atoms with Crippen LogP contribution in [0.3, 0.4) is 0 Å². The summed E-state index contributed by atoms with van der Waals surface area (Å²) in [6.45, 7) is 0. The highest BCUT2D eigenvalue weighted by molar-refractivity contribution is 7.89. The largest absolute Gasteiger partial charge is 0.377 e. The second-order valence-corrected chi connectivity index (χ2v) is 11.5. The van der Waals surface area contributed by atoms with Crippen molar-refractivity contribution in [1.82, 2.24) is 4.31 Å². The van der Waals surface area contributed by atoms with Gasteiger partial charge in [0.15, 0.2) is 0 Å². The van der Waals surface area contributed by atoms with Crippen LogP contribution in [0.2, 0.25) is 0 Å². The van der Waals surface area contributed by atoms with Crippen LogP contribution < -0.4 is 5.32 Å². The van der Waals surface area contributed by atoms with Gasteiger partial charge in [0.05, 0.1) is 10.9 Å². The number of rotatable bonds is 4. The third kappa shape index (κ3) is 3.35. The van der Waals surface area contributed by atoms with Crippen molar-refractivity contribution in [3.63, 3.8) is 0 Å². The molecule has 1 aliphatic heterocycles. The summed E-state index contributed by atoms with van der Waals surface area (Å²) in [6.07, 6.45) is 11.0. The third-order valence-corrected chi connectivity index (χ3v) is 9.81. The van der Waals surface area contributed by atoms with Crippen molar-refractivity contribution in [3.8, 4) is 0 Å². The highest BCUT2D eigenvalue weighted by atomic mass is 32.2. The molecule has 2 aliphatic carbocycles. The predicted molar refractivity (Wildman–Crippen MR) is 119 cm³/mol. The highest BCUT2D eigenvalue weighted by Crippen LogP contribution is 2.51. The Morgan fingerprint density at radius 2 is 1.97 bits per heavy atom. The van der Waals surface area contributed by atoms with E-state index in [1.54, 1.807) is 28.8 Å². The molecule has 1 aromatic heterocycles. The molecule has 2 heterocycles. The Hall–Kier alpha value is -1.63. The lowest BCUT2D eigenvalue weighted by molar-refractivity contribution is 0.286. The zero-order valence-electron chi connectivity index (χ0n) is 16.8. The molecule has 0 spiro atoms. The van der Waals surface area contributed by atoms with E-state index in [-0.39, 0.29) is 18.0 Å². The Balaban J connectivity index is 1.48. The Kier molecular flexibility index (Phi) is 5.04. The van der Waals surface area contributed by atoms with Gasteiger partial charge in [0, 0.05) is 29.6 Å². The fourth-order valence-electron chi connectivity index (χ4n) is 5.29. The van der Waals surface area contributed by atoms with Crippen LogP contribution in [-0.4, -0.2) is 25.8 Å². The van der Waals surface area contributed by atoms with E-state index in [0.29, 0.717) is 10.8 Å². The molecule has 1 saturated carbocycles. The number of thiophene rings is 1. The van der Waals surface area contributed by atoms with Gasteiger partial charge in [-0.1, -0.05) is 37.5 Å². The third-order valence-electron chi connectivity index (χ3n) is 6.95. The molecule has 2 aromatic rings. The minimum Gasteiger partial charge on any atom is -0.377 e. The van der Waals surface area contributed by atoms with E-state index in [9.17, 15) is 8.42 Å². The van der Waals surface area contributed by atoms with E-state index in [4.69, 9.17) is 0 Å². The summed E-state index contributed by atoms with van der Waals surface area (Å²) in [4.78, 5) is 1.78. The minimum atomic E-state index is -3.47. The Morgan fingerprint density at radius 3 is 2.72 bits per heavy atom. The zero-order chi connectivity index (χ0) is 20.0. The minimum absolute atomic E-state index is 0.130. The van der Waals surface area contributed by atoms with Crippen LogP contribution in [0, 0.1) is 5.92 Å². The van der Waals surface area contributed by atoms with Crippen molar-refractivity contribution in [2.75, 3.05) is 12.4 Å². The summed E-state index contributed by atoms with van der Waals surface area (Å²) in [7, 11) is -1.72. The molecule has 6 heteroatoms. The SMILES string of the molecule is CN(C1CCCCC1)S(=O)(=O)c1ccc2c(c1)C1C=CCC1C(c1cccs1)N2. The fraction of sp³-hybridized carbons (Fsp3) is 0.478. The summed E-state index contributed by atoms with van der Waals surface area (Å²) in [6, 6.07) is 10.4. The van der Waals surface area contributed by atoms with Gasteiger partial charge < -0.3 is 5.32 Å². The number of allylic oxidation sites excluding steroid dienone is 2. The Bertz CT molecular complexity index is 1010. The summed E-state index contributed by atoms with van der Waals surface area (Å²) in [5.41, 5.74) is 2.19. The average molecular weight is 429 g/mol. The molecule has 5 rings (SSSR count). The quantitative estimate of drug-likeness (QED) is 0.652. The van der Waals surface area contributed by atoms with Gasteiger partial charge in [-0.25, -0.2) is 8.42 Å². The van der Waals surface area contributed by atoms with E-state index >= 15 is 0 Å². The molecule has 154 valence electrons. The number of nitrogens with zero attached hydrogens (tertiary/aromatic N) is 1. The highest BCUT2D eigenvalue weighted by Gasteiger charge is 2.39. The van der Waals surface area contributed by atoms with Crippen LogP contribution >= 0.6 is 11.3 Å². The van der Waals surface area contributed by atoms with E-state index in [2.05, 4.69) is 35.0 Å². The molecule has 1 N–H and O–H groups in total. The topological polar surface area (TPSA) is 49.4 Å². The summed E-state index contributed by atoms with van der Waals surface area (Å²) < 4.78 is 28.3. The maximum atomic E-state index is 13.3. The molecular weight excluding hydrogens is 400 g/mol. The zero-order valence-corrected chi connectivity index (χ0v) is 18.4. The number of hydrogen-bond donors (Lipinski definition) is 1. The van der Waals surface area contributed by atoms with E-state index < -0.39 is 10.0 Å². The second kappa shape index (κ2) is 7.56. The first-order valence-corrected chi connectivity index (χ1v) is 13.0. The summed E-state index contributed by atoms with van der Waals surface area (Å²) >= 11 is 1.79. The van der Waals surface area contributed by atoms with Gasteiger partial charge in [-0.05, 0) is 60.4 Å². The molecule has 0 saturated heterocycles.